The standard InChI is InChI=1S/CH2O3.Cu.2K.O/c2-1(3)4;;;;/h(H2,2,3,4);;;;/q;;2*+1;/p-2. The predicted octanol–water partition coefficient (Wildman–Crippen LogP) is -8.56. The summed E-state index contributed by atoms with van der Waals surface area (Å²) in [5.74, 6) is 0. The zero-order valence-electron chi connectivity index (χ0n) is 4.43. The fraction of sp³-hybridized carbons (Fsp3) is 0. The maximum absolute atomic E-state index is 8.33. The number of hydrogen-bond acceptors (Lipinski definition) is 4. The zero-order valence-corrected chi connectivity index (χ0v) is 11.6. The normalized spacial score (nSPS) is 3.75. The molecule has 0 radical (unpaired) electrons. The summed E-state index contributed by atoms with van der Waals surface area (Å²) in [7, 11) is 0. The van der Waals surface area contributed by atoms with Crippen molar-refractivity contribution in [3.8, 4) is 0 Å². The van der Waals surface area contributed by atoms with Gasteiger partial charge in [-0.15, -0.1) is 0 Å². The molecule has 0 aromatic carbocycles. The van der Waals surface area contributed by atoms with Crippen LogP contribution in [0.5, 0.6) is 0 Å². The van der Waals surface area contributed by atoms with Gasteiger partial charge in [-0.25, -0.2) is 0 Å². The summed E-state index contributed by atoms with van der Waals surface area (Å²) in [6.07, 6.45) is -2.33. The van der Waals surface area contributed by atoms with Crippen molar-refractivity contribution in [3.63, 3.8) is 0 Å². The molecule has 0 aliphatic heterocycles. The van der Waals surface area contributed by atoms with Crippen molar-refractivity contribution < 1.29 is 138 Å². The molecule has 0 aliphatic rings. The Morgan fingerprint density at radius 3 is 1.12 bits per heavy atom. The van der Waals surface area contributed by atoms with E-state index in [4.69, 9.17) is 18.8 Å². The van der Waals surface area contributed by atoms with Crippen LogP contribution in [0.4, 0.5) is 4.79 Å². The van der Waals surface area contributed by atoms with Crippen LogP contribution >= 0.6 is 0 Å². The van der Waals surface area contributed by atoms with E-state index in [0.717, 1.165) is 0 Å². The van der Waals surface area contributed by atoms with Gasteiger partial charge in [0, 0.05) is 0 Å². The van der Waals surface area contributed by atoms with Gasteiger partial charge in [0.15, 0.2) is 0 Å². The second-order valence-corrected chi connectivity index (χ2v) is 0.250. The average Bonchev–Trinajstić information content (AvgIpc) is 1.41. The minimum absolute atomic E-state index is 0. The molecule has 0 aliphatic carbocycles. The molecule has 0 amide bonds. The molecule has 4 nitrogen and oxygen atoms in total. The SMILES string of the molecule is O=C([O-])[O-].[K+].[K+].[O]=[Cu]. The van der Waals surface area contributed by atoms with Gasteiger partial charge in [-0.2, -0.15) is 0 Å². The Morgan fingerprint density at radius 2 is 1.12 bits per heavy atom. The Kier molecular flexibility index (Phi) is 63.2. The summed E-state index contributed by atoms with van der Waals surface area (Å²) in [6, 6.07) is 0. The first kappa shape index (κ1) is 22.4. The van der Waals surface area contributed by atoms with Gasteiger partial charge < -0.3 is 15.0 Å². The maximum atomic E-state index is 8.33. The van der Waals surface area contributed by atoms with E-state index in [1.165, 1.54) is 0 Å². The van der Waals surface area contributed by atoms with Crippen molar-refractivity contribution >= 4 is 6.16 Å². The number of carboxylic acid groups (broad SMARTS) is 2. The second kappa shape index (κ2) is 22.5. The Labute approximate surface area is 140 Å². The van der Waals surface area contributed by atoms with Crippen molar-refractivity contribution in [1.29, 1.82) is 0 Å². The van der Waals surface area contributed by atoms with Gasteiger partial charge in [-0.3, -0.25) is 0 Å². The third-order valence-corrected chi connectivity index (χ3v) is 0. The molecule has 0 heterocycles. The van der Waals surface area contributed by atoms with E-state index in [1.807, 2.05) is 0 Å². The molecule has 0 rings (SSSR count). The van der Waals surface area contributed by atoms with Crippen molar-refractivity contribution in [2.24, 2.45) is 0 Å². The average molecular weight is 218 g/mol. The van der Waals surface area contributed by atoms with E-state index in [2.05, 4.69) is 15.9 Å². The molecule has 0 fully saturated rings. The topological polar surface area (TPSA) is 80.3 Å². The van der Waals surface area contributed by atoms with Gasteiger partial charge in [-0.1, -0.05) is 0 Å². The molecule has 0 N–H and O–H groups in total. The first-order valence-corrected chi connectivity index (χ1v) is 1.12. The summed E-state index contributed by atoms with van der Waals surface area (Å²) >= 11 is 2.94. The molecular formula is CCuK2O4. The van der Waals surface area contributed by atoms with Crippen LogP contribution < -0.4 is 113 Å². The fourth-order valence-corrected chi connectivity index (χ4v) is 0. The molecule has 0 saturated heterocycles. The summed E-state index contributed by atoms with van der Waals surface area (Å²) < 4.78 is 7.81. The number of rotatable bonds is 0. The van der Waals surface area contributed by atoms with Crippen LogP contribution in [0.1, 0.15) is 0 Å². The fourth-order valence-electron chi connectivity index (χ4n) is 0. The second-order valence-electron chi connectivity index (χ2n) is 0.250. The molecule has 0 unspecified atom stereocenters. The molecule has 0 atom stereocenters. The first-order valence-electron chi connectivity index (χ1n) is 0.735. The monoisotopic (exact) mass is 217 g/mol. The molecule has 0 aromatic rings. The Bertz CT molecular complexity index is 45.3. The van der Waals surface area contributed by atoms with E-state index >= 15 is 0 Å². The van der Waals surface area contributed by atoms with Gasteiger partial charge in [0.2, 0.25) is 0 Å². The van der Waals surface area contributed by atoms with E-state index in [9.17, 15) is 0 Å². The van der Waals surface area contributed by atoms with Crippen molar-refractivity contribution in [2.45, 2.75) is 0 Å². The van der Waals surface area contributed by atoms with E-state index < -0.39 is 6.16 Å². The molecule has 0 bridgehead atoms. The molecule has 0 saturated carbocycles. The molecule has 0 aromatic heterocycles. The molecular weight excluding hydrogens is 218 g/mol. The van der Waals surface area contributed by atoms with Crippen LogP contribution in [0.25, 0.3) is 0 Å². The summed E-state index contributed by atoms with van der Waals surface area (Å²) in [4.78, 5) is 8.33. The number of carbonyl (C=O) groups excluding carboxylic acids is 1. The van der Waals surface area contributed by atoms with Gasteiger partial charge in [0.05, 0.1) is 0 Å². The van der Waals surface area contributed by atoms with Crippen LogP contribution in [-0.4, -0.2) is 6.16 Å². The number of carbonyl (C=O) groups is 1. The summed E-state index contributed by atoms with van der Waals surface area (Å²) in [6.45, 7) is 0. The molecule has 0 spiro atoms. The van der Waals surface area contributed by atoms with Crippen molar-refractivity contribution in [1.82, 2.24) is 0 Å². The van der Waals surface area contributed by atoms with Crippen molar-refractivity contribution in [2.75, 3.05) is 0 Å². The summed E-state index contributed by atoms with van der Waals surface area (Å²) in [5, 5.41) is 16.7. The van der Waals surface area contributed by atoms with Crippen LogP contribution in [-0.2, 0) is 19.8 Å². The third-order valence-electron chi connectivity index (χ3n) is 0. The summed E-state index contributed by atoms with van der Waals surface area (Å²) in [5.41, 5.74) is 0. The van der Waals surface area contributed by atoms with Crippen LogP contribution in [0.15, 0.2) is 0 Å². The van der Waals surface area contributed by atoms with Crippen LogP contribution in [0.3, 0.4) is 0 Å². The Hall–Kier alpha value is 2.86. The van der Waals surface area contributed by atoms with Crippen LogP contribution in [0, 0.1) is 0 Å². The van der Waals surface area contributed by atoms with Crippen molar-refractivity contribution in [3.05, 3.63) is 0 Å². The van der Waals surface area contributed by atoms with Crippen LogP contribution in [0.2, 0.25) is 0 Å². The minimum atomic E-state index is -2.33. The van der Waals surface area contributed by atoms with Gasteiger partial charge in [0.1, 0.15) is 0 Å². The molecule has 7 heteroatoms. The van der Waals surface area contributed by atoms with E-state index in [-0.39, 0.29) is 103 Å². The first-order chi connectivity index (χ1) is 2.73. The third kappa shape index (κ3) is 66.9. The van der Waals surface area contributed by atoms with Gasteiger partial charge in [0.25, 0.3) is 0 Å². The Balaban J connectivity index is -0.0000000183. The van der Waals surface area contributed by atoms with Gasteiger partial charge in [-0.05, 0) is 6.16 Å². The van der Waals surface area contributed by atoms with E-state index in [0.29, 0.717) is 0 Å². The predicted molar refractivity (Wildman–Crippen MR) is 6.08 cm³/mol. The zero-order chi connectivity index (χ0) is 5.58. The molecule has 8 heavy (non-hydrogen) atoms. The number of hydrogen-bond donors (Lipinski definition) is 0. The Morgan fingerprint density at radius 1 is 1.12 bits per heavy atom. The van der Waals surface area contributed by atoms with Gasteiger partial charge >= 0.3 is 123 Å². The quantitative estimate of drug-likeness (QED) is 0.378. The molecule has 41 valence electrons. The van der Waals surface area contributed by atoms with E-state index in [1.54, 1.807) is 0 Å².